The first-order valence-electron chi connectivity index (χ1n) is 6.22. The fraction of sp³-hybridized carbons (Fsp3) is 0.385. The second kappa shape index (κ2) is 5.76. The van der Waals surface area contributed by atoms with Crippen molar-refractivity contribution in [3.63, 3.8) is 0 Å². The van der Waals surface area contributed by atoms with Gasteiger partial charge in [-0.1, -0.05) is 0 Å². The lowest BCUT2D eigenvalue weighted by molar-refractivity contribution is -0.386. The Morgan fingerprint density at radius 1 is 1.43 bits per heavy atom. The van der Waals surface area contributed by atoms with Crippen molar-refractivity contribution >= 4 is 11.5 Å². The van der Waals surface area contributed by atoms with Crippen molar-refractivity contribution in [2.24, 2.45) is 5.92 Å². The summed E-state index contributed by atoms with van der Waals surface area (Å²) in [5.74, 6) is -2.90. The number of rotatable bonds is 3. The number of carbonyl (C=O) groups is 1. The van der Waals surface area contributed by atoms with Crippen molar-refractivity contribution < 1.29 is 24.7 Å². The average Bonchev–Trinajstić information content (AvgIpc) is 2.49. The van der Waals surface area contributed by atoms with Gasteiger partial charge in [-0.2, -0.15) is 5.26 Å². The zero-order valence-electron chi connectivity index (χ0n) is 10.9. The fourth-order valence-electron chi connectivity index (χ4n) is 2.32. The van der Waals surface area contributed by atoms with E-state index in [4.69, 9.17) is 10.00 Å². The molecule has 0 saturated carbocycles. The highest BCUT2D eigenvalue weighted by Gasteiger charge is 2.35. The molecule has 0 spiro atoms. The zero-order chi connectivity index (χ0) is 15.6. The van der Waals surface area contributed by atoms with Crippen LogP contribution in [0.15, 0.2) is 6.07 Å². The first kappa shape index (κ1) is 14.7. The van der Waals surface area contributed by atoms with Crippen LogP contribution in [0.25, 0.3) is 0 Å². The van der Waals surface area contributed by atoms with Gasteiger partial charge in [-0.3, -0.25) is 14.9 Å². The summed E-state index contributed by atoms with van der Waals surface area (Å²) in [6.07, 6.45) is 0.783. The van der Waals surface area contributed by atoms with Crippen LogP contribution in [0.2, 0.25) is 0 Å². The van der Waals surface area contributed by atoms with Crippen LogP contribution in [0.5, 0.6) is 11.5 Å². The molecular formula is C13H12N2O6. The van der Waals surface area contributed by atoms with Gasteiger partial charge in [0.05, 0.1) is 10.5 Å². The molecule has 1 fully saturated rings. The number of nitriles is 1. The van der Waals surface area contributed by atoms with Gasteiger partial charge < -0.3 is 14.9 Å². The number of hydrogen-bond acceptors (Lipinski definition) is 7. The molecule has 0 amide bonds. The first-order valence-corrected chi connectivity index (χ1v) is 6.22. The zero-order valence-corrected chi connectivity index (χ0v) is 10.9. The minimum Gasteiger partial charge on any atom is -0.504 e. The summed E-state index contributed by atoms with van der Waals surface area (Å²) in [6, 6.07) is 2.51. The third-order valence-corrected chi connectivity index (χ3v) is 3.40. The Kier molecular flexibility index (Phi) is 4.05. The Bertz CT molecular complexity index is 643. The van der Waals surface area contributed by atoms with Crippen LogP contribution in [-0.4, -0.2) is 34.1 Å². The van der Waals surface area contributed by atoms with E-state index in [1.165, 1.54) is 0 Å². The van der Waals surface area contributed by atoms with Gasteiger partial charge in [-0.15, -0.1) is 0 Å². The highest BCUT2D eigenvalue weighted by Crippen LogP contribution is 2.41. The third-order valence-electron chi connectivity index (χ3n) is 3.40. The van der Waals surface area contributed by atoms with E-state index in [-0.39, 0.29) is 5.56 Å². The number of nitrogens with zero attached hydrogens (tertiary/aromatic N) is 2. The van der Waals surface area contributed by atoms with E-state index in [0.717, 1.165) is 6.07 Å². The Morgan fingerprint density at radius 3 is 2.57 bits per heavy atom. The molecule has 0 bridgehead atoms. The van der Waals surface area contributed by atoms with E-state index in [1.807, 2.05) is 0 Å². The van der Waals surface area contributed by atoms with Crippen LogP contribution in [0, 0.1) is 27.4 Å². The van der Waals surface area contributed by atoms with Crippen LogP contribution < -0.4 is 0 Å². The summed E-state index contributed by atoms with van der Waals surface area (Å²) in [5, 5.41) is 39.2. The predicted octanol–water partition coefficient (Wildman–Crippen LogP) is 1.49. The van der Waals surface area contributed by atoms with E-state index < -0.39 is 39.4 Å². The van der Waals surface area contributed by atoms with E-state index in [0.29, 0.717) is 26.1 Å². The van der Waals surface area contributed by atoms with Crippen molar-refractivity contribution in [2.45, 2.75) is 12.8 Å². The van der Waals surface area contributed by atoms with Gasteiger partial charge in [0.2, 0.25) is 5.75 Å². The molecule has 8 heteroatoms. The highest BCUT2D eigenvalue weighted by molar-refractivity contribution is 6.05. The third kappa shape index (κ3) is 2.64. The minimum atomic E-state index is -1.01. The molecule has 0 atom stereocenters. The number of nitro benzene ring substituents is 1. The molecule has 8 nitrogen and oxygen atoms in total. The monoisotopic (exact) mass is 292 g/mol. The van der Waals surface area contributed by atoms with E-state index in [9.17, 15) is 25.1 Å². The topological polar surface area (TPSA) is 134 Å². The summed E-state index contributed by atoms with van der Waals surface area (Å²) < 4.78 is 5.12. The Morgan fingerprint density at radius 2 is 2.05 bits per heavy atom. The van der Waals surface area contributed by atoms with Gasteiger partial charge in [-0.25, -0.2) is 0 Å². The maximum absolute atomic E-state index is 12.5. The van der Waals surface area contributed by atoms with Crippen molar-refractivity contribution in [1.82, 2.24) is 0 Å². The lowest BCUT2D eigenvalue weighted by atomic mass is 9.87. The predicted molar refractivity (Wildman–Crippen MR) is 69.0 cm³/mol. The quantitative estimate of drug-likeness (QED) is 0.373. The van der Waals surface area contributed by atoms with Crippen molar-refractivity contribution in [3.05, 3.63) is 27.3 Å². The average molecular weight is 292 g/mol. The van der Waals surface area contributed by atoms with Gasteiger partial charge in [0.25, 0.3) is 0 Å². The number of aromatic hydroxyl groups is 2. The lowest BCUT2D eigenvalue weighted by Crippen LogP contribution is -2.25. The number of hydrogen-bond donors (Lipinski definition) is 2. The SMILES string of the molecule is N#Cc1cc(O)c(O)c([N+](=O)[O-])c1C(=O)C1CCOCC1. The number of phenols is 2. The number of Topliss-reactive ketones (excluding diaryl/α,β-unsaturated/α-hetero) is 1. The molecule has 1 aliphatic heterocycles. The van der Waals surface area contributed by atoms with Crippen LogP contribution in [0.1, 0.15) is 28.8 Å². The van der Waals surface area contributed by atoms with Crippen molar-refractivity contribution in [2.75, 3.05) is 13.2 Å². The minimum absolute atomic E-state index is 0.325. The summed E-state index contributed by atoms with van der Waals surface area (Å²) in [6.45, 7) is 0.715. The van der Waals surface area contributed by atoms with Gasteiger partial charge >= 0.3 is 5.69 Å². The number of nitro groups is 1. The second-order valence-corrected chi connectivity index (χ2v) is 4.64. The summed E-state index contributed by atoms with van der Waals surface area (Å²) >= 11 is 0. The second-order valence-electron chi connectivity index (χ2n) is 4.64. The Labute approximate surface area is 119 Å². The molecular weight excluding hydrogens is 280 g/mol. The molecule has 1 heterocycles. The molecule has 110 valence electrons. The molecule has 2 N–H and O–H groups in total. The summed E-state index contributed by atoms with van der Waals surface area (Å²) in [7, 11) is 0. The number of ketones is 1. The molecule has 2 rings (SSSR count). The normalized spacial score (nSPS) is 15.4. The molecule has 0 aromatic heterocycles. The van der Waals surface area contributed by atoms with Gasteiger partial charge in [-0.05, 0) is 12.8 Å². The summed E-state index contributed by atoms with van der Waals surface area (Å²) in [4.78, 5) is 22.6. The van der Waals surface area contributed by atoms with Gasteiger partial charge in [0.15, 0.2) is 11.5 Å². The fourth-order valence-corrected chi connectivity index (χ4v) is 2.32. The molecule has 0 radical (unpaired) electrons. The molecule has 1 saturated heterocycles. The standard InChI is InChI=1S/C13H12N2O6/c14-6-8-5-9(16)13(18)11(15(19)20)10(8)12(17)7-1-3-21-4-2-7/h5,7,16,18H,1-4H2. The molecule has 1 aromatic rings. The highest BCUT2D eigenvalue weighted by atomic mass is 16.6. The maximum atomic E-state index is 12.5. The van der Waals surface area contributed by atoms with Crippen LogP contribution in [-0.2, 0) is 4.74 Å². The molecule has 1 aliphatic rings. The number of benzene rings is 1. The van der Waals surface area contributed by atoms with Crippen LogP contribution >= 0.6 is 0 Å². The van der Waals surface area contributed by atoms with Crippen molar-refractivity contribution in [3.8, 4) is 17.6 Å². The number of ether oxygens (including phenoxy) is 1. The number of carbonyl (C=O) groups excluding carboxylic acids is 1. The van der Waals surface area contributed by atoms with Crippen LogP contribution in [0.3, 0.4) is 0 Å². The largest absolute Gasteiger partial charge is 0.504 e. The number of phenolic OH excluding ortho intramolecular Hbond substituents is 2. The Balaban J connectivity index is 2.60. The smallest absolute Gasteiger partial charge is 0.326 e. The van der Waals surface area contributed by atoms with Gasteiger partial charge in [0.1, 0.15) is 11.6 Å². The molecule has 21 heavy (non-hydrogen) atoms. The maximum Gasteiger partial charge on any atom is 0.326 e. The van der Waals surface area contributed by atoms with Crippen LogP contribution in [0.4, 0.5) is 5.69 Å². The Hall–Kier alpha value is -2.66. The first-order chi connectivity index (χ1) is 9.97. The molecule has 1 aromatic carbocycles. The lowest BCUT2D eigenvalue weighted by Gasteiger charge is -2.21. The van der Waals surface area contributed by atoms with E-state index in [1.54, 1.807) is 6.07 Å². The summed E-state index contributed by atoms with van der Waals surface area (Å²) in [5.41, 5.74) is -1.71. The van der Waals surface area contributed by atoms with Crippen molar-refractivity contribution in [1.29, 1.82) is 5.26 Å². The van der Waals surface area contributed by atoms with E-state index >= 15 is 0 Å². The molecule has 0 unspecified atom stereocenters. The molecule has 0 aliphatic carbocycles. The van der Waals surface area contributed by atoms with E-state index in [2.05, 4.69) is 0 Å². The van der Waals surface area contributed by atoms with Gasteiger partial charge in [0, 0.05) is 25.2 Å².